The molecule has 1 rings (SSSR count). The van der Waals surface area contributed by atoms with Crippen molar-refractivity contribution in [3.05, 3.63) is 18.2 Å². The van der Waals surface area contributed by atoms with Gasteiger partial charge in [-0.3, -0.25) is 4.90 Å². The van der Waals surface area contributed by atoms with Crippen LogP contribution in [0.4, 0.5) is 0 Å². The molecule has 18 heavy (non-hydrogen) atoms. The van der Waals surface area contributed by atoms with Crippen molar-refractivity contribution in [3.8, 4) is 0 Å². The van der Waals surface area contributed by atoms with Crippen molar-refractivity contribution in [2.45, 2.75) is 52.7 Å². The maximum Gasteiger partial charge on any atom is 0.127 e. The Kier molecular flexibility index (Phi) is 5.35. The van der Waals surface area contributed by atoms with Gasteiger partial charge in [0.15, 0.2) is 0 Å². The lowest BCUT2D eigenvalue weighted by molar-refractivity contribution is 0.0896. The van der Waals surface area contributed by atoms with Gasteiger partial charge in [0, 0.05) is 24.5 Å². The number of nitrogens with zero attached hydrogens (tertiary/aromatic N) is 3. The number of imidazole rings is 1. The normalized spacial score (nSPS) is 14.2. The molecule has 1 aromatic rings. The minimum atomic E-state index is 0.0382. The van der Waals surface area contributed by atoms with E-state index < -0.39 is 0 Å². The van der Waals surface area contributed by atoms with Crippen LogP contribution >= 0.6 is 0 Å². The smallest absolute Gasteiger partial charge is 0.127 e. The van der Waals surface area contributed by atoms with Crippen LogP contribution in [0.3, 0.4) is 0 Å². The highest BCUT2D eigenvalue weighted by atomic mass is 15.2. The largest absolute Gasteiger partial charge is 0.334 e. The quantitative estimate of drug-likeness (QED) is 0.808. The predicted octanol–water partition coefficient (Wildman–Crippen LogP) is 2.28. The van der Waals surface area contributed by atoms with Gasteiger partial charge < -0.3 is 9.88 Å². The second-order valence-electron chi connectivity index (χ2n) is 5.12. The van der Waals surface area contributed by atoms with E-state index in [9.17, 15) is 0 Å². The fraction of sp³-hybridized carbons (Fsp3) is 0.786. The number of rotatable bonds is 7. The minimum absolute atomic E-state index is 0.0382. The van der Waals surface area contributed by atoms with E-state index in [0.717, 1.165) is 25.5 Å². The zero-order valence-corrected chi connectivity index (χ0v) is 12.7. The summed E-state index contributed by atoms with van der Waals surface area (Å²) in [6, 6.07) is 0.229. The van der Waals surface area contributed by atoms with E-state index in [4.69, 9.17) is 0 Å². The lowest BCUT2D eigenvalue weighted by Crippen LogP contribution is -2.52. The van der Waals surface area contributed by atoms with Crippen LogP contribution in [0.25, 0.3) is 0 Å². The minimum Gasteiger partial charge on any atom is -0.334 e. The van der Waals surface area contributed by atoms with Gasteiger partial charge >= 0.3 is 0 Å². The summed E-state index contributed by atoms with van der Waals surface area (Å²) < 4.78 is 2.21. The number of aromatic nitrogens is 2. The first kappa shape index (κ1) is 15.2. The number of nitrogens with one attached hydrogen (secondary N) is 1. The van der Waals surface area contributed by atoms with Gasteiger partial charge in [-0.2, -0.15) is 0 Å². The van der Waals surface area contributed by atoms with E-state index in [1.54, 1.807) is 0 Å². The second-order valence-corrected chi connectivity index (χ2v) is 5.12. The van der Waals surface area contributed by atoms with Crippen LogP contribution in [0, 0.1) is 0 Å². The summed E-state index contributed by atoms with van der Waals surface area (Å²) in [5.41, 5.74) is 0.0382. The molecule has 0 saturated carbocycles. The summed E-state index contributed by atoms with van der Waals surface area (Å²) in [4.78, 5) is 7.02. The Balaban J connectivity index is 3.09. The average molecular weight is 252 g/mol. The topological polar surface area (TPSA) is 33.1 Å². The van der Waals surface area contributed by atoms with Crippen molar-refractivity contribution in [1.29, 1.82) is 0 Å². The molecular formula is C14H28N4. The van der Waals surface area contributed by atoms with Crippen LogP contribution in [0.2, 0.25) is 0 Å². The molecule has 0 saturated heterocycles. The second kappa shape index (κ2) is 6.34. The predicted molar refractivity (Wildman–Crippen MR) is 76.7 cm³/mol. The lowest BCUT2D eigenvalue weighted by atomic mass is 9.91. The fourth-order valence-corrected chi connectivity index (χ4v) is 2.87. The van der Waals surface area contributed by atoms with Crippen LogP contribution in [-0.2, 0) is 6.54 Å². The van der Waals surface area contributed by atoms with E-state index in [1.807, 2.05) is 13.2 Å². The number of likely N-dealkylation sites (N-methyl/N-ethyl adjacent to an activating group) is 2. The van der Waals surface area contributed by atoms with Crippen molar-refractivity contribution in [2.75, 3.05) is 20.1 Å². The molecule has 0 aliphatic heterocycles. The van der Waals surface area contributed by atoms with Crippen molar-refractivity contribution in [3.63, 3.8) is 0 Å². The lowest BCUT2D eigenvalue weighted by Gasteiger charge is -2.43. The molecule has 4 nitrogen and oxygen atoms in total. The summed E-state index contributed by atoms with van der Waals surface area (Å²) >= 11 is 0. The van der Waals surface area contributed by atoms with Gasteiger partial charge in [-0.1, -0.05) is 13.8 Å². The Morgan fingerprint density at radius 1 is 1.33 bits per heavy atom. The standard InChI is InChI=1S/C14H28N4/c1-7-17-11-10-16-13(17)12(15-6)14(4,5)18(8-2)9-3/h10-12,15H,7-9H2,1-6H3. The molecule has 4 heteroatoms. The molecule has 0 radical (unpaired) electrons. The van der Waals surface area contributed by atoms with Gasteiger partial charge in [0.05, 0.1) is 6.04 Å². The van der Waals surface area contributed by atoms with Crippen LogP contribution in [0.1, 0.15) is 46.5 Å². The summed E-state index contributed by atoms with van der Waals surface area (Å²) in [7, 11) is 2.02. The molecule has 1 aromatic heterocycles. The van der Waals surface area contributed by atoms with Crippen molar-refractivity contribution >= 4 is 0 Å². The zero-order valence-electron chi connectivity index (χ0n) is 12.7. The maximum atomic E-state index is 4.55. The van der Waals surface area contributed by atoms with Gasteiger partial charge in [0.25, 0.3) is 0 Å². The first-order valence-corrected chi connectivity index (χ1v) is 6.96. The van der Waals surface area contributed by atoms with Crippen molar-refractivity contribution < 1.29 is 0 Å². The first-order valence-electron chi connectivity index (χ1n) is 6.96. The number of hydrogen-bond acceptors (Lipinski definition) is 3. The highest BCUT2D eigenvalue weighted by Crippen LogP contribution is 2.29. The molecule has 1 unspecified atom stereocenters. The number of aryl methyl sites for hydroxylation is 1. The molecule has 104 valence electrons. The molecule has 0 spiro atoms. The number of hydrogen-bond donors (Lipinski definition) is 1. The monoisotopic (exact) mass is 252 g/mol. The van der Waals surface area contributed by atoms with E-state index in [-0.39, 0.29) is 11.6 Å². The third kappa shape index (κ3) is 2.75. The van der Waals surface area contributed by atoms with Crippen LogP contribution in [0.15, 0.2) is 12.4 Å². The van der Waals surface area contributed by atoms with Gasteiger partial charge in [-0.25, -0.2) is 4.98 Å². The van der Waals surface area contributed by atoms with Gasteiger partial charge in [-0.05, 0) is 40.9 Å². The molecule has 0 amide bonds. The van der Waals surface area contributed by atoms with E-state index in [0.29, 0.717) is 0 Å². The van der Waals surface area contributed by atoms with E-state index in [2.05, 4.69) is 60.6 Å². The molecule has 0 aliphatic carbocycles. The van der Waals surface area contributed by atoms with Crippen LogP contribution in [-0.4, -0.2) is 40.1 Å². The Hall–Kier alpha value is -0.870. The van der Waals surface area contributed by atoms with Crippen molar-refractivity contribution in [1.82, 2.24) is 19.8 Å². The fourth-order valence-electron chi connectivity index (χ4n) is 2.87. The molecular weight excluding hydrogens is 224 g/mol. The Morgan fingerprint density at radius 2 is 1.94 bits per heavy atom. The molecule has 1 atom stereocenters. The molecule has 1 N–H and O–H groups in total. The molecule has 0 bridgehead atoms. The summed E-state index contributed by atoms with van der Waals surface area (Å²) in [5, 5.41) is 3.44. The average Bonchev–Trinajstić information content (AvgIpc) is 2.79. The van der Waals surface area contributed by atoms with Crippen molar-refractivity contribution in [2.24, 2.45) is 0 Å². The highest BCUT2D eigenvalue weighted by Gasteiger charge is 2.36. The van der Waals surface area contributed by atoms with Gasteiger partial charge in [-0.15, -0.1) is 0 Å². The first-order chi connectivity index (χ1) is 8.52. The van der Waals surface area contributed by atoms with Crippen LogP contribution < -0.4 is 5.32 Å². The highest BCUT2D eigenvalue weighted by molar-refractivity contribution is 5.08. The molecule has 0 aromatic carbocycles. The third-order valence-corrected chi connectivity index (χ3v) is 3.92. The van der Waals surface area contributed by atoms with E-state index >= 15 is 0 Å². The third-order valence-electron chi connectivity index (χ3n) is 3.92. The Bertz CT molecular complexity index is 352. The molecule has 1 heterocycles. The molecule has 0 fully saturated rings. The molecule has 0 aliphatic rings. The zero-order chi connectivity index (χ0) is 13.8. The summed E-state index contributed by atoms with van der Waals surface area (Å²) in [6.07, 6.45) is 3.94. The van der Waals surface area contributed by atoms with Gasteiger partial charge in [0.1, 0.15) is 5.82 Å². The Morgan fingerprint density at radius 3 is 2.39 bits per heavy atom. The van der Waals surface area contributed by atoms with E-state index in [1.165, 1.54) is 0 Å². The summed E-state index contributed by atoms with van der Waals surface area (Å²) in [5.74, 6) is 1.12. The Labute approximate surface area is 111 Å². The van der Waals surface area contributed by atoms with Gasteiger partial charge in [0.2, 0.25) is 0 Å². The van der Waals surface area contributed by atoms with Crippen LogP contribution in [0.5, 0.6) is 0 Å². The SMILES string of the molecule is CCN(CC)C(C)(C)C(NC)c1nccn1CC. The maximum absolute atomic E-state index is 4.55. The summed E-state index contributed by atoms with van der Waals surface area (Å²) in [6.45, 7) is 14.2.